The Balaban J connectivity index is 1.45. The molecule has 0 spiro atoms. The van der Waals surface area contributed by atoms with Crippen molar-refractivity contribution >= 4 is 11.8 Å². The third-order valence-electron chi connectivity index (χ3n) is 6.44. The lowest BCUT2D eigenvalue weighted by Crippen LogP contribution is -2.46. The van der Waals surface area contributed by atoms with Gasteiger partial charge in [-0.25, -0.2) is 0 Å². The molecule has 2 fully saturated rings. The second-order valence-corrected chi connectivity index (χ2v) is 8.25. The Morgan fingerprint density at radius 3 is 2.44 bits per heavy atom. The van der Waals surface area contributed by atoms with Crippen LogP contribution in [0, 0.1) is 18.3 Å². The molecule has 2 N–H and O–H groups in total. The summed E-state index contributed by atoms with van der Waals surface area (Å²) in [7, 11) is 0. The van der Waals surface area contributed by atoms with Gasteiger partial charge in [0.2, 0.25) is 11.8 Å². The number of nitrogens with zero attached hydrogens (tertiary/aromatic N) is 2. The molecule has 1 aromatic rings. The van der Waals surface area contributed by atoms with Crippen molar-refractivity contribution in [1.29, 1.82) is 0 Å². The standard InChI is InChI=1S/C22H33N3O2/c1-3-25(21(27)22(11-12-22)20(23)26)16-18-8-13-24(14-9-18)15-10-19-7-5-4-6-17(19)2/h4-7,18H,3,8-16H2,1-2H3,(H2,23,26). The van der Waals surface area contributed by atoms with E-state index in [2.05, 4.69) is 36.1 Å². The first-order valence-corrected chi connectivity index (χ1v) is 10.3. The third-order valence-corrected chi connectivity index (χ3v) is 6.44. The number of rotatable bonds is 8. The highest BCUT2D eigenvalue weighted by molar-refractivity contribution is 6.07. The molecule has 0 bridgehead atoms. The lowest BCUT2D eigenvalue weighted by atomic mass is 9.94. The number of aryl methyl sites for hydroxylation is 1. The molecule has 1 saturated carbocycles. The van der Waals surface area contributed by atoms with Gasteiger partial charge >= 0.3 is 0 Å². The van der Waals surface area contributed by atoms with Crippen LogP contribution in [0.2, 0.25) is 0 Å². The first-order valence-electron chi connectivity index (χ1n) is 10.3. The zero-order valence-electron chi connectivity index (χ0n) is 16.7. The maximum Gasteiger partial charge on any atom is 0.238 e. The van der Waals surface area contributed by atoms with E-state index in [-0.39, 0.29) is 5.91 Å². The first kappa shape index (κ1) is 19.9. The van der Waals surface area contributed by atoms with Gasteiger partial charge in [0.25, 0.3) is 0 Å². The van der Waals surface area contributed by atoms with Gasteiger partial charge in [0, 0.05) is 19.6 Å². The van der Waals surface area contributed by atoms with Crippen LogP contribution in [0.5, 0.6) is 0 Å². The van der Waals surface area contributed by atoms with Gasteiger partial charge < -0.3 is 15.5 Å². The van der Waals surface area contributed by atoms with Crippen molar-refractivity contribution in [2.75, 3.05) is 32.7 Å². The molecule has 27 heavy (non-hydrogen) atoms. The van der Waals surface area contributed by atoms with Crippen molar-refractivity contribution in [2.45, 2.75) is 46.0 Å². The number of carbonyl (C=O) groups is 2. The summed E-state index contributed by atoms with van der Waals surface area (Å²) >= 11 is 0. The molecule has 148 valence electrons. The van der Waals surface area contributed by atoms with E-state index >= 15 is 0 Å². The summed E-state index contributed by atoms with van der Waals surface area (Å²) in [4.78, 5) is 28.8. The predicted octanol–water partition coefficient (Wildman–Crippen LogP) is 2.36. The molecule has 1 aromatic carbocycles. The van der Waals surface area contributed by atoms with Crippen LogP contribution in [0.3, 0.4) is 0 Å². The number of nitrogens with two attached hydrogens (primary N) is 1. The van der Waals surface area contributed by atoms with Crippen LogP contribution in [-0.4, -0.2) is 54.3 Å². The molecule has 0 aromatic heterocycles. The van der Waals surface area contributed by atoms with Gasteiger partial charge in [-0.3, -0.25) is 9.59 Å². The minimum atomic E-state index is -0.885. The van der Waals surface area contributed by atoms with Gasteiger partial charge in [-0.2, -0.15) is 0 Å². The SMILES string of the molecule is CCN(CC1CCN(CCc2ccccc2C)CC1)C(=O)C1(C(N)=O)CC1. The van der Waals surface area contributed by atoms with Crippen LogP contribution in [0.25, 0.3) is 0 Å². The second kappa shape index (κ2) is 8.42. The molecule has 1 heterocycles. The molecule has 5 nitrogen and oxygen atoms in total. The number of hydrogen-bond donors (Lipinski definition) is 1. The molecule has 5 heteroatoms. The van der Waals surface area contributed by atoms with Crippen LogP contribution >= 0.6 is 0 Å². The number of primary amides is 1. The maximum atomic E-state index is 12.7. The molecule has 1 aliphatic heterocycles. The Labute approximate surface area is 162 Å². The number of hydrogen-bond acceptors (Lipinski definition) is 3. The van der Waals surface area contributed by atoms with Crippen molar-refractivity contribution < 1.29 is 9.59 Å². The van der Waals surface area contributed by atoms with E-state index in [9.17, 15) is 9.59 Å². The third kappa shape index (κ3) is 4.52. The number of likely N-dealkylation sites (tertiary alicyclic amines) is 1. The van der Waals surface area contributed by atoms with E-state index < -0.39 is 11.3 Å². The smallest absolute Gasteiger partial charge is 0.238 e. The molecular formula is C22H33N3O2. The fraction of sp³-hybridized carbons (Fsp3) is 0.636. The second-order valence-electron chi connectivity index (χ2n) is 8.25. The van der Waals surface area contributed by atoms with Crippen molar-refractivity contribution in [2.24, 2.45) is 17.1 Å². The number of benzene rings is 1. The quantitative estimate of drug-likeness (QED) is 0.714. The van der Waals surface area contributed by atoms with Gasteiger partial charge in [-0.15, -0.1) is 0 Å². The number of piperidine rings is 1. The molecule has 2 amide bonds. The minimum Gasteiger partial charge on any atom is -0.369 e. The van der Waals surface area contributed by atoms with Gasteiger partial charge in [-0.1, -0.05) is 24.3 Å². The highest BCUT2D eigenvalue weighted by Gasteiger charge is 2.56. The van der Waals surface area contributed by atoms with Crippen molar-refractivity contribution in [1.82, 2.24) is 9.80 Å². The first-order chi connectivity index (χ1) is 13.0. The van der Waals surface area contributed by atoms with E-state index in [4.69, 9.17) is 5.73 Å². The van der Waals surface area contributed by atoms with E-state index in [0.717, 1.165) is 45.4 Å². The Morgan fingerprint density at radius 1 is 1.22 bits per heavy atom. The maximum absolute atomic E-state index is 12.7. The minimum absolute atomic E-state index is 0.0421. The van der Waals surface area contributed by atoms with Crippen LogP contribution in [0.1, 0.15) is 43.7 Å². The highest BCUT2D eigenvalue weighted by Crippen LogP contribution is 2.47. The summed E-state index contributed by atoms with van der Waals surface area (Å²) in [5, 5.41) is 0. The fourth-order valence-corrected chi connectivity index (χ4v) is 4.22. The summed E-state index contributed by atoms with van der Waals surface area (Å²) < 4.78 is 0. The molecule has 0 atom stereocenters. The lowest BCUT2D eigenvalue weighted by Gasteiger charge is -2.35. The van der Waals surface area contributed by atoms with Gasteiger partial charge in [0.15, 0.2) is 0 Å². The normalized spacial score (nSPS) is 19.6. The summed E-state index contributed by atoms with van der Waals surface area (Å²) in [6, 6.07) is 8.61. The Hall–Kier alpha value is -1.88. The largest absolute Gasteiger partial charge is 0.369 e. The fourth-order valence-electron chi connectivity index (χ4n) is 4.22. The van der Waals surface area contributed by atoms with Crippen molar-refractivity contribution in [3.05, 3.63) is 35.4 Å². The van der Waals surface area contributed by atoms with E-state index in [0.29, 0.717) is 25.3 Å². The molecule has 1 saturated heterocycles. The average Bonchev–Trinajstić information content (AvgIpc) is 3.48. The van der Waals surface area contributed by atoms with E-state index in [1.165, 1.54) is 11.1 Å². The summed E-state index contributed by atoms with van der Waals surface area (Å²) in [5.74, 6) is 0.0312. The Bertz CT molecular complexity index is 676. The van der Waals surface area contributed by atoms with Crippen LogP contribution in [0.15, 0.2) is 24.3 Å². The molecule has 2 aliphatic rings. The average molecular weight is 372 g/mol. The topological polar surface area (TPSA) is 66.6 Å². The summed E-state index contributed by atoms with van der Waals surface area (Å²) in [6.45, 7) is 8.85. The van der Waals surface area contributed by atoms with Gasteiger partial charge in [-0.05, 0) is 76.1 Å². The predicted molar refractivity (Wildman–Crippen MR) is 107 cm³/mol. The van der Waals surface area contributed by atoms with Crippen LogP contribution < -0.4 is 5.73 Å². The highest BCUT2D eigenvalue weighted by atomic mass is 16.2. The zero-order chi connectivity index (χ0) is 19.4. The monoisotopic (exact) mass is 371 g/mol. The van der Waals surface area contributed by atoms with Crippen LogP contribution in [0.4, 0.5) is 0 Å². The van der Waals surface area contributed by atoms with Gasteiger partial charge in [0.05, 0.1) is 0 Å². The Kier molecular flexibility index (Phi) is 6.20. The number of amides is 2. The lowest BCUT2D eigenvalue weighted by molar-refractivity contribution is -0.143. The van der Waals surface area contributed by atoms with Gasteiger partial charge in [0.1, 0.15) is 5.41 Å². The zero-order valence-corrected chi connectivity index (χ0v) is 16.7. The molecule has 0 radical (unpaired) electrons. The molecule has 0 unspecified atom stereocenters. The van der Waals surface area contributed by atoms with E-state index in [1.807, 2.05) is 11.8 Å². The van der Waals surface area contributed by atoms with Crippen LogP contribution in [-0.2, 0) is 16.0 Å². The van der Waals surface area contributed by atoms with Crippen molar-refractivity contribution in [3.8, 4) is 0 Å². The molecular weight excluding hydrogens is 338 g/mol. The molecule has 1 aliphatic carbocycles. The summed E-state index contributed by atoms with van der Waals surface area (Å²) in [6.07, 6.45) is 4.56. The number of carbonyl (C=O) groups excluding carboxylic acids is 2. The van der Waals surface area contributed by atoms with E-state index in [1.54, 1.807) is 0 Å². The van der Waals surface area contributed by atoms with Crippen molar-refractivity contribution in [3.63, 3.8) is 0 Å². The Morgan fingerprint density at radius 2 is 1.89 bits per heavy atom. The molecule has 3 rings (SSSR count). The summed E-state index contributed by atoms with van der Waals surface area (Å²) in [5.41, 5.74) is 7.39.